The van der Waals surface area contributed by atoms with E-state index in [0.29, 0.717) is 12.8 Å². The molecule has 109 heavy (non-hydrogen) atoms. The Hall–Kier alpha value is -3.01. The van der Waals surface area contributed by atoms with Crippen LogP contribution in [0.25, 0.3) is 0 Å². The summed E-state index contributed by atoms with van der Waals surface area (Å²) in [6.45, 7) is 2.21. The van der Waals surface area contributed by atoms with E-state index in [9.17, 15) is 101 Å². The van der Waals surface area contributed by atoms with Gasteiger partial charge < -0.3 is 160 Å². The number of hydrogen-bond acceptors (Lipinski definition) is 32. The Labute approximate surface area is 639 Å². The van der Waals surface area contributed by atoms with Crippen LogP contribution in [0, 0.1) is 0 Å². The summed E-state index contributed by atoms with van der Waals surface area (Å²) in [5.74, 6) is -2.05. The van der Waals surface area contributed by atoms with Crippen LogP contribution in [0.5, 0.6) is 0 Å². The molecule has 0 aliphatic carbocycles. The molecule has 32 atom stereocenters. The lowest BCUT2D eigenvalue weighted by atomic mass is 9.93. The van der Waals surface area contributed by atoms with Gasteiger partial charge in [-0.1, -0.05) is 167 Å². The Morgan fingerprint density at radius 1 is 0.376 bits per heavy atom. The molecule has 6 fully saturated rings. The summed E-state index contributed by atoms with van der Waals surface area (Å²) in [5, 5.41) is 199. The third kappa shape index (κ3) is 28.4. The average Bonchev–Trinajstić information content (AvgIpc) is 0.771. The van der Waals surface area contributed by atoms with Gasteiger partial charge >= 0.3 is 0 Å². The molecule has 6 aliphatic heterocycles. The quantitative estimate of drug-likeness (QED) is 0.0227. The monoisotopic (exact) mass is 1580 g/mol. The van der Waals surface area contributed by atoms with Crippen molar-refractivity contribution < 1.29 is 158 Å². The highest BCUT2D eigenvalue weighted by Gasteiger charge is 2.59. The van der Waals surface area contributed by atoms with Crippen molar-refractivity contribution in [2.24, 2.45) is 0 Å². The lowest BCUT2D eigenvalue weighted by Crippen LogP contribution is -2.71. The van der Waals surface area contributed by atoms with Gasteiger partial charge in [-0.05, 0) is 26.2 Å². The Balaban J connectivity index is 1.19. The molecule has 35 heteroatoms. The van der Waals surface area contributed by atoms with Crippen LogP contribution in [0.4, 0.5) is 0 Å². The molecule has 6 aliphatic rings. The maximum absolute atomic E-state index is 13.5. The number of nitrogens with one attached hydrogen (secondary N) is 3. The Kier molecular flexibility index (Phi) is 43.3. The van der Waals surface area contributed by atoms with Crippen LogP contribution in [-0.2, 0) is 71.2 Å². The van der Waals surface area contributed by atoms with Crippen LogP contribution in [-0.4, -0.2) is 340 Å². The normalized spacial score (nSPS) is 37.9. The first kappa shape index (κ1) is 94.8. The molecule has 3 amide bonds. The van der Waals surface area contributed by atoms with Crippen molar-refractivity contribution in [1.82, 2.24) is 16.0 Å². The fourth-order valence-corrected chi connectivity index (χ4v) is 14.7. The number of amides is 3. The van der Waals surface area contributed by atoms with Crippen LogP contribution in [0.2, 0.25) is 0 Å². The SMILES string of the molecule is CCCCCCCCCCCCC/C=C/[C@@H](O)[C@H](CO[C@@H]1OC(CO)[C@@H](O[C@@H]2OC(CO)[C@H](O)[C@H](O[C@@H]3OC(CO)[C@@H](O[C@H]4OC(C)[C@@H](O)C(O)[C@@H]4O)[C@H](O[C@@H]4OC(CO)[C@H](O)[C@H](O[C@@H]5OC(CO)[C@@H](O)[C@H](O)C5NC(C)=O)C4O)C3NC(C)=O)C2O)[C@H](O)C1O)NC(=O)CCCCCCCCCCCCCCC. The molecule has 6 rings (SSSR count). The fourth-order valence-electron chi connectivity index (χ4n) is 14.7. The zero-order valence-corrected chi connectivity index (χ0v) is 64.0. The van der Waals surface area contributed by atoms with Gasteiger partial charge in [0.1, 0.15) is 140 Å². The van der Waals surface area contributed by atoms with E-state index in [1.54, 1.807) is 6.08 Å². The highest BCUT2D eigenvalue weighted by molar-refractivity contribution is 5.76. The molecule has 6 heterocycles. The second-order valence-corrected chi connectivity index (χ2v) is 29.9. The van der Waals surface area contributed by atoms with Gasteiger partial charge in [-0.3, -0.25) is 14.4 Å². The molecular formula is C74H133N3O32. The lowest BCUT2D eigenvalue weighted by Gasteiger charge is -2.52. The second kappa shape index (κ2) is 49.8. The Morgan fingerprint density at radius 2 is 0.752 bits per heavy atom. The summed E-state index contributed by atoms with van der Waals surface area (Å²) in [6, 6.07) is -4.67. The predicted octanol–water partition coefficient (Wildman–Crippen LogP) is -2.18. The number of unbranched alkanes of at least 4 members (excludes halogenated alkanes) is 23. The molecule has 0 saturated carbocycles. The number of carbonyl (C=O) groups excluding carboxylic acids is 3. The van der Waals surface area contributed by atoms with Gasteiger partial charge in [-0.25, -0.2) is 0 Å². The zero-order chi connectivity index (χ0) is 79.9. The van der Waals surface area contributed by atoms with Gasteiger partial charge in [0.15, 0.2) is 37.7 Å². The standard InChI is InChI=1S/C74H133N3O32/c1-6-8-10-12-14-16-18-20-22-24-26-28-30-32-44(85)43(77-50(86)33-31-29-27-25-23-21-19-17-15-13-11-9-7-2)39-98-71-61(95)59(93)64(48(37-81)104-71)105-73-62(96)68(56(90)46(35-79)101-73)109-70-52(76-42(5)84)66(65(49(38-82)103-70)106-72-60(94)58(92)53(87)40(3)99-72)107-74-63(97)67(55(89)47(36-80)102-74)108-69-51(75-41(4)83)57(91)54(88)45(34-78)100-69/h30,32,40,43-49,51-74,78-82,85,87-97H,6-29,31,33-39H2,1-5H3,(H,75,83)(H,76,84)(H,77,86)/b32-30+/t40?,43-,44+,45?,46?,47?,48?,49?,51?,52?,53+,54+,55-,56-,57+,58?,59+,60-,61?,62?,63?,64+,65+,66+,67-,68-,69-,70-,71+,72+,73-,74-/m0/s1. The summed E-state index contributed by atoms with van der Waals surface area (Å²) in [4.78, 5) is 39.4. The van der Waals surface area contributed by atoms with Crippen LogP contribution in [0.3, 0.4) is 0 Å². The zero-order valence-electron chi connectivity index (χ0n) is 64.0. The third-order valence-corrected chi connectivity index (χ3v) is 21.2. The van der Waals surface area contributed by atoms with Crippen LogP contribution >= 0.6 is 0 Å². The van der Waals surface area contributed by atoms with E-state index >= 15 is 0 Å². The number of aliphatic hydroxyl groups excluding tert-OH is 17. The molecule has 35 nitrogen and oxygen atoms in total. The first-order valence-corrected chi connectivity index (χ1v) is 39.8. The minimum atomic E-state index is -2.29. The number of ether oxygens (including phenoxy) is 12. The number of hydrogen-bond donors (Lipinski definition) is 20. The van der Waals surface area contributed by atoms with Crippen molar-refractivity contribution in [2.75, 3.05) is 39.6 Å². The summed E-state index contributed by atoms with van der Waals surface area (Å²) in [5.41, 5.74) is 0. The van der Waals surface area contributed by atoms with E-state index in [1.165, 1.54) is 103 Å². The van der Waals surface area contributed by atoms with E-state index in [2.05, 4.69) is 29.8 Å². The smallest absolute Gasteiger partial charge is 0.220 e. The van der Waals surface area contributed by atoms with E-state index in [4.69, 9.17) is 56.8 Å². The fraction of sp³-hybridized carbons (Fsp3) is 0.932. The van der Waals surface area contributed by atoms with Gasteiger partial charge in [-0.2, -0.15) is 0 Å². The van der Waals surface area contributed by atoms with Gasteiger partial charge in [0.25, 0.3) is 0 Å². The number of carbonyl (C=O) groups is 3. The van der Waals surface area contributed by atoms with Gasteiger partial charge in [-0.15, -0.1) is 0 Å². The van der Waals surface area contributed by atoms with Crippen LogP contribution < -0.4 is 16.0 Å². The van der Waals surface area contributed by atoms with Crippen molar-refractivity contribution in [3.05, 3.63) is 12.2 Å². The molecule has 0 radical (unpaired) electrons. The van der Waals surface area contributed by atoms with E-state index < -0.39 is 248 Å². The van der Waals surface area contributed by atoms with Gasteiger partial charge in [0.05, 0.1) is 57.9 Å². The molecular weight excluding hydrogens is 1440 g/mol. The van der Waals surface area contributed by atoms with Crippen LogP contribution in [0.15, 0.2) is 12.2 Å². The van der Waals surface area contributed by atoms with E-state index in [-0.39, 0.29) is 12.3 Å². The second-order valence-electron chi connectivity index (χ2n) is 29.9. The molecule has 0 spiro atoms. The van der Waals surface area contributed by atoms with Crippen molar-refractivity contribution in [1.29, 1.82) is 0 Å². The number of allylic oxidation sites excluding steroid dienone is 1. The maximum Gasteiger partial charge on any atom is 0.220 e. The maximum atomic E-state index is 13.5. The first-order chi connectivity index (χ1) is 52.3. The molecule has 12 unspecified atom stereocenters. The van der Waals surface area contributed by atoms with Crippen molar-refractivity contribution in [3.8, 4) is 0 Å². The van der Waals surface area contributed by atoms with Crippen molar-refractivity contribution in [2.45, 2.75) is 398 Å². The minimum absolute atomic E-state index is 0.165. The van der Waals surface area contributed by atoms with Gasteiger partial charge in [0.2, 0.25) is 17.7 Å². The summed E-state index contributed by atoms with van der Waals surface area (Å²) >= 11 is 0. The minimum Gasteiger partial charge on any atom is -0.394 e. The molecule has 0 aromatic carbocycles. The van der Waals surface area contributed by atoms with Crippen molar-refractivity contribution >= 4 is 17.7 Å². The molecule has 6 saturated heterocycles. The Bertz CT molecular complexity index is 2540. The largest absolute Gasteiger partial charge is 0.394 e. The molecule has 0 aromatic heterocycles. The highest BCUT2D eigenvalue weighted by atomic mass is 16.8. The molecule has 0 aromatic rings. The Morgan fingerprint density at radius 3 is 1.24 bits per heavy atom. The van der Waals surface area contributed by atoms with Gasteiger partial charge in [0, 0.05) is 20.3 Å². The van der Waals surface area contributed by atoms with E-state index in [0.717, 1.165) is 65.2 Å². The summed E-state index contributed by atoms with van der Waals surface area (Å²) < 4.78 is 72.4. The lowest BCUT2D eigenvalue weighted by molar-refractivity contribution is -0.395. The van der Waals surface area contributed by atoms with E-state index in [1.807, 2.05) is 6.08 Å². The predicted molar refractivity (Wildman–Crippen MR) is 383 cm³/mol. The molecule has 20 N–H and O–H groups in total. The summed E-state index contributed by atoms with van der Waals surface area (Å²) in [6.07, 6.45) is -23.6. The third-order valence-electron chi connectivity index (χ3n) is 21.2. The number of rotatable bonds is 49. The first-order valence-electron chi connectivity index (χ1n) is 39.8. The van der Waals surface area contributed by atoms with Crippen molar-refractivity contribution in [3.63, 3.8) is 0 Å². The molecule has 636 valence electrons. The topological polar surface area (TPSA) is 542 Å². The number of aliphatic hydroxyl groups is 17. The van der Waals surface area contributed by atoms with Crippen LogP contribution in [0.1, 0.15) is 202 Å². The average molecular weight is 1580 g/mol. The molecule has 0 bridgehead atoms. The summed E-state index contributed by atoms with van der Waals surface area (Å²) in [7, 11) is 0. The highest BCUT2D eigenvalue weighted by Crippen LogP contribution is 2.39.